The van der Waals surface area contributed by atoms with E-state index in [1.807, 2.05) is 45.0 Å². The number of nitrogens with zero attached hydrogens (tertiary/aromatic N) is 4. The summed E-state index contributed by atoms with van der Waals surface area (Å²) < 4.78 is 12.1. The zero-order valence-electron chi connectivity index (χ0n) is 15.2. The van der Waals surface area contributed by atoms with Gasteiger partial charge in [0.15, 0.2) is 0 Å². The Morgan fingerprint density at radius 2 is 1.70 bits per heavy atom. The fourth-order valence-corrected chi connectivity index (χ4v) is 4.33. The molecule has 0 amide bonds. The van der Waals surface area contributed by atoms with Gasteiger partial charge >= 0.3 is 7.60 Å². The van der Waals surface area contributed by atoms with Crippen molar-refractivity contribution in [3.8, 4) is 0 Å². The molecule has 0 spiro atoms. The van der Waals surface area contributed by atoms with Crippen molar-refractivity contribution in [1.29, 1.82) is 0 Å². The Morgan fingerprint density at radius 1 is 1.00 bits per heavy atom. The summed E-state index contributed by atoms with van der Waals surface area (Å²) in [6.45, 7) is 5.80. The van der Waals surface area contributed by atoms with Gasteiger partial charge in [0.25, 0.3) is 0 Å². The number of fused-ring (bicyclic) bond motifs is 2. The van der Waals surface area contributed by atoms with E-state index in [0.29, 0.717) is 33.7 Å². The van der Waals surface area contributed by atoms with E-state index in [1.54, 1.807) is 12.1 Å². The highest BCUT2D eigenvalue weighted by molar-refractivity contribution is 7.60. The molecule has 138 valence electrons. The first-order chi connectivity index (χ1) is 12.7. The van der Waals surface area contributed by atoms with Crippen LogP contribution < -0.4 is 5.30 Å². The molecule has 2 aromatic carbocycles. The van der Waals surface area contributed by atoms with Crippen LogP contribution in [0.3, 0.4) is 0 Å². The number of aromatic nitrogens is 3. The zero-order chi connectivity index (χ0) is 19.4. The van der Waals surface area contributed by atoms with Crippen molar-refractivity contribution in [2.45, 2.75) is 32.2 Å². The molecule has 0 aliphatic carbocycles. The van der Waals surface area contributed by atoms with Crippen molar-refractivity contribution >= 4 is 29.6 Å². The van der Waals surface area contributed by atoms with Gasteiger partial charge in [0.2, 0.25) is 5.82 Å². The van der Waals surface area contributed by atoms with E-state index in [4.69, 9.17) is 4.99 Å². The molecule has 2 N–H and O–H groups in total. The van der Waals surface area contributed by atoms with Gasteiger partial charge in [0.1, 0.15) is 11.2 Å². The Balaban J connectivity index is 2.00. The maximum atomic E-state index is 12.1. The second-order valence-corrected chi connectivity index (χ2v) is 8.81. The number of rotatable bonds is 2. The van der Waals surface area contributed by atoms with Crippen molar-refractivity contribution in [3.05, 3.63) is 59.4 Å². The molecular formula is C19H19N4O3P. The Kier molecular flexibility index (Phi) is 4.00. The molecule has 3 aromatic rings. The van der Waals surface area contributed by atoms with Crippen LogP contribution in [0.2, 0.25) is 0 Å². The summed E-state index contributed by atoms with van der Waals surface area (Å²) in [6, 6.07) is 12.3. The molecule has 1 unspecified atom stereocenters. The van der Waals surface area contributed by atoms with Crippen LogP contribution in [0, 0.1) is 0 Å². The predicted molar refractivity (Wildman–Crippen MR) is 104 cm³/mol. The standard InChI is InChI=1S/C19H19N4O3P/c1-11-16-12(7-6-10-15(16)27(24,25)26)17(21-19(11,2)3)18-20-13-8-4-5-9-14(13)22-23-18/h4-11H,1-3H3,(H2,24,25,26). The Labute approximate surface area is 156 Å². The second kappa shape index (κ2) is 6.02. The van der Waals surface area contributed by atoms with E-state index >= 15 is 0 Å². The van der Waals surface area contributed by atoms with Gasteiger partial charge in [-0.05, 0) is 37.6 Å². The summed E-state index contributed by atoms with van der Waals surface area (Å²) in [5.41, 5.74) is 2.52. The van der Waals surface area contributed by atoms with Gasteiger partial charge in [-0.25, -0.2) is 4.98 Å². The highest BCUT2D eigenvalue weighted by Crippen LogP contribution is 2.44. The van der Waals surface area contributed by atoms with Crippen LogP contribution in [0.1, 0.15) is 43.6 Å². The minimum Gasteiger partial charge on any atom is -0.321 e. The highest BCUT2D eigenvalue weighted by atomic mass is 31.2. The summed E-state index contributed by atoms with van der Waals surface area (Å²) >= 11 is 0. The molecule has 0 radical (unpaired) electrons. The number of hydrogen-bond donors (Lipinski definition) is 2. The van der Waals surface area contributed by atoms with E-state index in [9.17, 15) is 14.4 Å². The molecule has 1 aromatic heterocycles. The maximum Gasteiger partial charge on any atom is 0.356 e. The van der Waals surface area contributed by atoms with Crippen LogP contribution in [-0.4, -0.2) is 36.2 Å². The zero-order valence-corrected chi connectivity index (χ0v) is 16.1. The Bertz CT molecular complexity index is 1140. The van der Waals surface area contributed by atoms with Crippen LogP contribution in [0.5, 0.6) is 0 Å². The van der Waals surface area contributed by atoms with Gasteiger partial charge in [0.05, 0.1) is 16.4 Å². The normalized spacial score (nSPS) is 18.9. The molecule has 1 aliphatic heterocycles. The maximum absolute atomic E-state index is 12.1. The van der Waals surface area contributed by atoms with Crippen LogP contribution >= 0.6 is 7.60 Å². The molecule has 27 heavy (non-hydrogen) atoms. The number of para-hydroxylation sites is 1. The molecule has 0 saturated heterocycles. The lowest BCUT2D eigenvalue weighted by molar-refractivity contribution is 0.385. The summed E-state index contributed by atoms with van der Waals surface area (Å²) in [6.07, 6.45) is 0. The largest absolute Gasteiger partial charge is 0.356 e. The van der Waals surface area contributed by atoms with Crippen LogP contribution in [0.4, 0.5) is 0 Å². The minimum atomic E-state index is -4.44. The number of hydrogen-bond acceptors (Lipinski definition) is 5. The van der Waals surface area contributed by atoms with E-state index in [2.05, 4.69) is 15.2 Å². The van der Waals surface area contributed by atoms with Crippen molar-refractivity contribution in [1.82, 2.24) is 15.2 Å². The first-order valence-corrected chi connectivity index (χ1v) is 10.2. The van der Waals surface area contributed by atoms with Gasteiger partial charge in [-0.2, -0.15) is 0 Å². The first kappa shape index (κ1) is 17.9. The van der Waals surface area contributed by atoms with Gasteiger partial charge in [0, 0.05) is 11.5 Å². The van der Waals surface area contributed by atoms with Crippen LogP contribution in [-0.2, 0) is 4.57 Å². The Morgan fingerprint density at radius 3 is 2.41 bits per heavy atom. The van der Waals surface area contributed by atoms with Crippen LogP contribution in [0.15, 0.2) is 47.5 Å². The lowest BCUT2D eigenvalue weighted by atomic mass is 9.77. The Hall–Kier alpha value is -2.47. The molecule has 2 heterocycles. The van der Waals surface area contributed by atoms with Crippen LogP contribution in [0.25, 0.3) is 11.0 Å². The second-order valence-electron chi connectivity index (χ2n) is 7.24. The fourth-order valence-electron chi connectivity index (χ4n) is 3.42. The highest BCUT2D eigenvalue weighted by Gasteiger charge is 2.39. The summed E-state index contributed by atoms with van der Waals surface area (Å²) in [5, 5.41) is 8.48. The summed E-state index contributed by atoms with van der Waals surface area (Å²) in [4.78, 5) is 29.1. The van der Waals surface area contributed by atoms with Crippen molar-refractivity contribution < 1.29 is 14.4 Å². The third-order valence-corrected chi connectivity index (χ3v) is 6.13. The van der Waals surface area contributed by atoms with E-state index in [0.717, 1.165) is 0 Å². The first-order valence-electron chi connectivity index (χ1n) is 8.57. The SMILES string of the molecule is CC1c2c(cccc2P(=O)(O)O)C(c2nnc3ccccc3n2)=NC1(C)C. The molecule has 1 aliphatic rings. The van der Waals surface area contributed by atoms with E-state index in [-0.39, 0.29) is 11.2 Å². The molecule has 0 bridgehead atoms. The topological polar surface area (TPSA) is 109 Å². The third kappa shape index (κ3) is 2.98. The van der Waals surface area contributed by atoms with Gasteiger partial charge in [-0.3, -0.25) is 9.56 Å². The average molecular weight is 382 g/mol. The molecule has 0 saturated carbocycles. The monoisotopic (exact) mass is 382 g/mol. The van der Waals surface area contributed by atoms with Crippen molar-refractivity contribution in [2.75, 3.05) is 0 Å². The third-order valence-electron chi connectivity index (χ3n) is 5.12. The molecule has 4 rings (SSSR count). The van der Waals surface area contributed by atoms with E-state index in [1.165, 1.54) is 6.07 Å². The number of aliphatic imine (C=N–C) groups is 1. The average Bonchev–Trinajstić information content (AvgIpc) is 2.63. The lowest BCUT2D eigenvalue weighted by Gasteiger charge is -2.36. The molecule has 8 heteroatoms. The van der Waals surface area contributed by atoms with Crippen molar-refractivity contribution in [2.24, 2.45) is 4.99 Å². The molecule has 1 atom stereocenters. The fraction of sp³-hybridized carbons (Fsp3) is 0.263. The quantitative estimate of drug-likeness (QED) is 0.660. The smallest absolute Gasteiger partial charge is 0.321 e. The number of benzene rings is 2. The summed E-state index contributed by atoms with van der Waals surface area (Å²) in [5.74, 6) is 0.159. The molecule has 0 fully saturated rings. The van der Waals surface area contributed by atoms with Crippen molar-refractivity contribution in [3.63, 3.8) is 0 Å². The van der Waals surface area contributed by atoms with E-state index < -0.39 is 13.1 Å². The predicted octanol–water partition coefficient (Wildman–Crippen LogP) is 2.56. The summed E-state index contributed by atoms with van der Waals surface area (Å²) in [7, 11) is -4.44. The van der Waals surface area contributed by atoms with Gasteiger partial charge in [-0.15, -0.1) is 10.2 Å². The van der Waals surface area contributed by atoms with Gasteiger partial charge in [-0.1, -0.05) is 31.2 Å². The molecular weight excluding hydrogens is 363 g/mol. The van der Waals surface area contributed by atoms with Gasteiger partial charge < -0.3 is 9.79 Å². The minimum absolute atomic E-state index is 0.0294. The molecule has 7 nitrogen and oxygen atoms in total. The lowest BCUT2D eigenvalue weighted by Crippen LogP contribution is -2.37.